The van der Waals surface area contributed by atoms with Crippen molar-refractivity contribution >= 4 is 37.4 Å². The van der Waals surface area contributed by atoms with Crippen LogP contribution in [-0.4, -0.2) is 55.1 Å². The van der Waals surface area contributed by atoms with E-state index in [4.69, 9.17) is 9.97 Å². The number of rotatable bonds is 4. The van der Waals surface area contributed by atoms with E-state index in [-0.39, 0.29) is 0 Å². The molecule has 0 amide bonds. The Balaban J connectivity index is 1.77. The third-order valence-corrected chi connectivity index (χ3v) is 8.36. The van der Waals surface area contributed by atoms with Crippen molar-refractivity contribution in [2.24, 2.45) is 0 Å². The Morgan fingerprint density at radius 2 is 1.81 bits per heavy atom. The van der Waals surface area contributed by atoms with Gasteiger partial charge in [0.1, 0.15) is 16.5 Å². The molecule has 3 heterocycles. The number of sulfonamides is 1. The van der Waals surface area contributed by atoms with Crippen LogP contribution in [0.15, 0.2) is 0 Å². The Morgan fingerprint density at radius 3 is 2.48 bits per heavy atom. The molecule has 4 rings (SSSR count). The zero-order chi connectivity index (χ0) is 19.2. The summed E-state index contributed by atoms with van der Waals surface area (Å²) < 4.78 is 25.3. The van der Waals surface area contributed by atoms with Crippen molar-refractivity contribution in [3.63, 3.8) is 0 Å². The normalized spacial score (nSPS) is 20.0. The second kappa shape index (κ2) is 7.29. The molecule has 2 aromatic heterocycles. The first kappa shape index (κ1) is 19.1. The molecule has 8 heteroatoms. The predicted molar refractivity (Wildman–Crippen MR) is 111 cm³/mol. The van der Waals surface area contributed by atoms with Crippen molar-refractivity contribution in [3.8, 4) is 0 Å². The Kier molecular flexibility index (Phi) is 5.16. The molecule has 0 bridgehead atoms. The molecule has 0 radical (unpaired) electrons. The molecule has 1 aliphatic carbocycles. The minimum Gasteiger partial charge on any atom is -0.353 e. The monoisotopic (exact) mass is 408 g/mol. The summed E-state index contributed by atoms with van der Waals surface area (Å²) in [7, 11) is -3.13. The highest BCUT2D eigenvalue weighted by molar-refractivity contribution is 7.88. The number of aromatic nitrogens is 2. The maximum atomic E-state index is 11.9. The summed E-state index contributed by atoms with van der Waals surface area (Å²) in [6, 6.07) is 0. The van der Waals surface area contributed by atoms with Gasteiger partial charge in [-0.15, -0.1) is 11.3 Å². The van der Waals surface area contributed by atoms with Crippen LogP contribution in [0, 0.1) is 0 Å². The third-order valence-electron chi connectivity index (χ3n) is 5.87. The molecule has 0 aromatic carbocycles. The molecule has 1 atom stereocenters. The van der Waals surface area contributed by atoms with Gasteiger partial charge in [-0.05, 0) is 37.7 Å². The molecule has 2 aliphatic rings. The molecule has 1 aliphatic heterocycles. The smallest absolute Gasteiger partial charge is 0.211 e. The predicted octanol–water partition coefficient (Wildman–Crippen LogP) is 3.17. The summed E-state index contributed by atoms with van der Waals surface area (Å²) in [5, 5.41) is 1.23. The molecule has 1 saturated heterocycles. The second-order valence-corrected chi connectivity index (χ2v) is 10.8. The van der Waals surface area contributed by atoms with Crippen molar-refractivity contribution in [2.75, 3.05) is 37.3 Å². The molecule has 27 heavy (non-hydrogen) atoms. The van der Waals surface area contributed by atoms with Crippen LogP contribution in [0.4, 0.5) is 5.82 Å². The van der Waals surface area contributed by atoms with E-state index >= 15 is 0 Å². The maximum absolute atomic E-state index is 11.9. The first-order valence-electron chi connectivity index (χ1n) is 9.90. The fourth-order valence-corrected chi connectivity index (χ4v) is 6.11. The number of hydrogen-bond acceptors (Lipinski definition) is 6. The SMILES string of the molecule is CCC(C)c1nc(N2CCN(S(C)(=O)=O)CC2)c2c3c(sc2n1)CCCC3. The lowest BCUT2D eigenvalue weighted by atomic mass is 9.96. The van der Waals surface area contributed by atoms with Gasteiger partial charge in [0.25, 0.3) is 0 Å². The fraction of sp³-hybridized carbons (Fsp3) is 0.684. The average molecular weight is 409 g/mol. The highest BCUT2D eigenvalue weighted by Gasteiger charge is 2.28. The molecular weight excluding hydrogens is 380 g/mol. The van der Waals surface area contributed by atoms with E-state index in [9.17, 15) is 8.42 Å². The van der Waals surface area contributed by atoms with Crippen LogP contribution < -0.4 is 4.90 Å². The van der Waals surface area contributed by atoms with Crippen LogP contribution in [0.2, 0.25) is 0 Å². The van der Waals surface area contributed by atoms with Gasteiger partial charge in [-0.25, -0.2) is 18.4 Å². The van der Waals surface area contributed by atoms with E-state index < -0.39 is 10.0 Å². The van der Waals surface area contributed by atoms with E-state index in [0.29, 0.717) is 32.1 Å². The number of aryl methyl sites for hydroxylation is 2. The number of anilines is 1. The fourth-order valence-electron chi connectivity index (χ4n) is 4.02. The highest BCUT2D eigenvalue weighted by atomic mass is 32.2. The molecule has 6 nitrogen and oxygen atoms in total. The number of nitrogens with zero attached hydrogens (tertiary/aromatic N) is 4. The summed E-state index contributed by atoms with van der Waals surface area (Å²) in [5.74, 6) is 2.27. The third kappa shape index (κ3) is 3.59. The standard InChI is InChI=1S/C19H28N4O2S2/c1-4-13(2)17-20-18(22-9-11-23(12-10-22)27(3,24)25)16-14-7-5-6-8-15(14)26-19(16)21-17/h13H,4-12H2,1-3H3. The van der Waals surface area contributed by atoms with Gasteiger partial charge in [-0.2, -0.15) is 4.31 Å². The molecule has 148 valence electrons. The Morgan fingerprint density at radius 1 is 1.11 bits per heavy atom. The van der Waals surface area contributed by atoms with E-state index in [2.05, 4.69) is 18.7 Å². The maximum Gasteiger partial charge on any atom is 0.211 e. The first-order valence-corrected chi connectivity index (χ1v) is 12.6. The van der Waals surface area contributed by atoms with Crippen LogP contribution in [0.3, 0.4) is 0 Å². The van der Waals surface area contributed by atoms with E-state index in [1.165, 1.54) is 34.9 Å². The van der Waals surface area contributed by atoms with Crippen LogP contribution in [0.5, 0.6) is 0 Å². The number of thiophene rings is 1. The van der Waals surface area contributed by atoms with Crippen molar-refractivity contribution < 1.29 is 8.42 Å². The molecule has 0 N–H and O–H groups in total. The Labute approximate surface area is 165 Å². The van der Waals surface area contributed by atoms with E-state index in [1.807, 2.05) is 11.3 Å². The minimum absolute atomic E-state index is 0.324. The van der Waals surface area contributed by atoms with Crippen molar-refractivity contribution in [2.45, 2.75) is 51.9 Å². The Hall–Kier alpha value is -1.25. The Bertz CT molecular complexity index is 946. The topological polar surface area (TPSA) is 66.4 Å². The second-order valence-electron chi connectivity index (χ2n) is 7.75. The van der Waals surface area contributed by atoms with Crippen molar-refractivity contribution in [1.29, 1.82) is 0 Å². The average Bonchev–Trinajstić information content (AvgIpc) is 3.04. The van der Waals surface area contributed by atoms with Gasteiger partial charge in [-0.3, -0.25) is 0 Å². The number of fused-ring (bicyclic) bond motifs is 3. The first-order chi connectivity index (χ1) is 12.9. The summed E-state index contributed by atoms with van der Waals surface area (Å²) in [4.78, 5) is 14.8. The zero-order valence-electron chi connectivity index (χ0n) is 16.4. The quantitative estimate of drug-likeness (QED) is 0.777. The molecule has 1 fully saturated rings. The lowest BCUT2D eigenvalue weighted by Gasteiger charge is -2.34. The zero-order valence-corrected chi connectivity index (χ0v) is 18.0. The minimum atomic E-state index is -3.13. The van der Waals surface area contributed by atoms with Gasteiger partial charge in [0.15, 0.2) is 0 Å². The van der Waals surface area contributed by atoms with Crippen LogP contribution in [0.1, 0.15) is 55.3 Å². The van der Waals surface area contributed by atoms with Gasteiger partial charge in [-0.1, -0.05) is 13.8 Å². The highest BCUT2D eigenvalue weighted by Crippen LogP contribution is 2.40. The van der Waals surface area contributed by atoms with Crippen LogP contribution >= 0.6 is 11.3 Å². The summed E-state index contributed by atoms with van der Waals surface area (Å²) >= 11 is 1.84. The molecule has 0 saturated carbocycles. The molecule has 2 aromatic rings. The van der Waals surface area contributed by atoms with Crippen molar-refractivity contribution in [3.05, 3.63) is 16.3 Å². The summed E-state index contributed by atoms with van der Waals surface area (Å²) in [6.07, 6.45) is 7.05. The van der Waals surface area contributed by atoms with Gasteiger partial charge in [0, 0.05) is 37.0 Å². The lowest BCUT2D eigenvalue weighted by Crippen LogP contribution is -2.48. The number of piperazine rings is 1. The lowest BCUT2D eigenvalue weighted by molar-refractivity contribution is 0.387. The van der Waals surface area contributed by atoms with Gasteiger partial charge >= 0.3 is 0 Å². The molecule has 1 unspecified atom stereocenters. The largest absolute Gasteiger partial charge is 0.353 e. The molecule has 0 spiro atoms. The van der Waals surface area contributed by atoms with Gasteiger partial charge < -0.3 is 4.90 Å². The van der Waals surface area contributed by atoms with Crippen LogP contribution in [-0.2, 0) is 22.9 Å². The summed E-state index contributed by atoms with van der Waals surface area (Å²) in [5.41, 5.74) is 1.44. The van der Waals surface area contributed by atoms with Gasteiger partial charge in [0.2, 0.25) is 10.0 Å². The van der Waals surface area contributed by atoms with Crippen molar-refractivity contribution in [1.82, 2.24) is 14.3 Å². The van der Waals surface area contributed by atoms with Crippen LogP contribution in [0.25, 0.3) is 10.2 Å². The van der Waals surface area contributed by atoms with Gasteiger partial charge in [0.05, 0.1) is 11.6 Å². The summed E-state index contributed by atoms with van der Waals surface area (Å²) in [6.45, 7) is 6.76. The molecular formula is C19H28N4O2S2. The van der Waals surface area contributed by atoms with E-state index in [0.717, 1.165) is 35.7 Å². The van der Waals surface area contributed by atoms with E-state index in [1.54, 1.807) is 4.31 Å². The number of hydrogen-bond donors (Lipinski definition) is 0.